The van der Waals surface area contributed by atoms with Crippen LogP contribution in [0.15, 0.2) is 54.6 Å². The fourth-order valence-electron chi connectivity index (χ4n) is 4.80. The van der Waals surface area contributed by atoms with Crippen LogP contribution < -0.4 is 23.7 Å². The molecule has 1 saturated heterocycles. The number of aromatic nitrogens is 2. The van der Waals surface area contributed by atoms with Crippen LogP contribution in [0, 0.1) is 0 Å². The lowest BCUT2D eigenvalue weighted by atomic mass is 9.93. The maximum atomic E-state index is 13.5. The highest BCUT2D eigenvalue weighted by molar-refractivity contribution is 6.46. The zero-order valence-corrected chi connectivity index (χ0v) is 21.2. The van der Waals surface area contributed by atoms with Gasteiger partial charge in [0.15, 0.2) is 11.5 Å². The highest BCUT2D eigenvalue weighted by atomic mass is 16.7. The molecule has 0 unspecified atom stereocenters. The summed E-state index contributed by atoms with van der Waals surface area (Å²) in [5.41, 5.74) is 0.669. The summed E-state index contributed by atoms with van der Waals surface area (Å²) in [5.74, 6) is -0.101. The fraction of sp³-hybridized carbons (Fsp3) is 0.296. The zero-order chi connectivity index (χ0) is 26.8. The number of aryl methyl sites for hydroxylation is 1. The summed E-state index contributed by atoms with van der Waals surface area (Å²) in [4.78, 5) is 32.3. The number of benzene rings is 2. The number of Topliss-reactive ketones (excluding diaryl/α,β-unsaturated/α-hetero) is 1. The summed E-state index contributed by atoms with van der Waals surface area (Å²) in [6, 6.07) is 7.30. The van der Waals surface area contributed by atoms with Crippen LogP contribution in [-0.2, 0) is 16.1 Å². The predicted molar refractivity (Wildman–Crippen MR) is 135 cm³/mol. The number of aliphatic hydroxyl groups excluding tert-OH is 1. The van der Waals surface area contributed by atoms with E-state index in [0.29, 0.717) is 47.1 Å². The third-order valence-corrected chi connectivity index (χ3v) is 6.57. The molecule has 3 aromatic rings. The molecule has 0 saturated carbocycles. The van der Waals surface area contributed by atoms with Gasteiger partial charge in [0.1, 0.15) is 11.5 Å². The molecular formula is C27H27N3O8. The third-order valence-electron chi connectivity index (χ3n) is 6.57. The average Bonchev–Trinajstić information content (AvgIpc) is 3.69. The van der Waals surface area contributed by atoms with E-state index in [4.69, 9.17) is 23.7 Å². The lowest BCUT2D eigenvalue weighted by Gasteiger charge is -2.27. The Hall–Kier alpha value is -4.67. The van der Waals surface area contributed by atoms with Crippen LogP contribution in [0.1, 0.15) is 23.6 Å². The van der Waals surface area contributed by atoms with Crippen LogP contribution >= 0.6 is 0 Å². The number of fused-ring (bicyclic) bond motifs is 1. The van der Waals surface area contributed by atoms with Crippen molar-refractivity contribution in [3.63, 3.8) is 0 Å². The number of methoxy groups -OCH3 is 3. The topological polar surface area (TPSA) is 122 Å². The largest absolute Gasteiger partial charge is 0.507 e. The molecule has 11 heteroatoms. The van der Waals surface area contributed by atoms with Crippen LogP contribution in [0.25, 0.3) is 5.76 Å². The Bertz CT molecular complexity index is 1400. The van der Waals surface area contributed by atoms with Crippen LogP contribution in [0.3, 0.4) is 0 Å². The number of amides is 1. The molecule has 1 amide bonds. The average molecular weight is 522 g/mol. The number of hydrogen-bond donors (Lipinski definition) is 1. The molecule has 1 fully saturated rings. The van der Waals surface area contributed by atoms with Gasteiger partial charge in [0.25, 0.3) is 11.7 Å². The Labute approximate surface area is 218 Å². The molecule has 1 aromatic heterocycles. The number of likely N-dealkylation sites (tertiary alicyclic amines) is 1. The van der Waals surface area contributed by atoms with E-state index >= 15 is 0 Å². The molecule has 2 aromatic carbocycles. The lowest BCUT2D eigenvalue weighted by Crippen LogP contribution is -2.31. The summed E-state index contributed by atoms with van der Waals surface area (Å²) in [6.07, 6.45) is 5.70. The minimum absolute atomic E-state index is 0.0413. The molecular weight excluding hydrogens is 494 g/mol. The van der Waals surface area contributed by atoms with Gasteiger partial charge in [0.05, 0.1) is 39.3 Å². The monoisotopic (exact) mass is 521 g/mol. The van der Waals surface area contributed by atoms with E-state index in [2.05, 4.69) is 4.98 Å². The molecule has 1 N–H and O–H groups in total. The third kappa shape index (κ3) is 4.25. The molecule has 198 valence electrons. The number of ether oxygens (including phenoxy) is 5. The molecule has 1 atom stereocenters. The molecule has 38 heavy (non-hydrogen) atoms. The maximum Gasteiger partial charge on any atom is 0.295 e. The Balaban J connectivity index is 1.66. The van der Waals surface area contributed by atoms with Gasteiger partial charge >= 0.3 is 0 Å². The van der Waals surface area contributed by atoms with E-state index in [9.17, 15) is 14.7 Å². The van der Waals surface area contributed by atoms with Crippen LogP contribution in [0.2, 0.25) is 0 Å². The number of hydrogen-bond acceptors (Lipinski definition) is 9. The van der Waals surface area contributed by atoms with Gasteiger partial charge in [-0.15, -0.1) is 0 Å². The number of carbonyl (C=O) groups excluding carboxylic acids is 2. The van der Waals surface area contributed by atoms with Crippen molar-refractivity contribution < 1.29 is 38.4 Å². The van der Waals surface area contributed by atoms with Crippen molar-refractivity contribution in [2.45, 2.75) is 19.0 Å². The molecule has 11 nitrogen and oxygen atoms in total. The van der Waals surface area contributed by atoms with Crippen molar-refractivity contribution in [3.8, 4) is 28.7 Å². The van der Waals surface area contributed by atoms with Crippen LogP contribution in [-0.4, -0.2) is 65.9 Å². The van der Waals surface area contributed by atoms with Gasteiger partial charge < -0.3 is 38.3 Å². The van der Waals surface area contributed by atoms with Crippen molar-refractivity contribution in [2.24, 2.45) is 0 Å². The molecule has 0 bridgehead atoms. The SMILES string of the molecule is COc1cccc(C(O)=C2C(=O)C(=O)N(CCCn3ccnc3)[C@H]2c2cc(OC)c3c(c2OC)OCO3)c1. The Kier molecular flexibility index (Phi) is 6.82. The quantitative estimate of drug-likeness (QED) is 0.257. The highest BCUT2D eigenvalue weighted by Gasteiger charge is 2.48. The molecule has 0 spiro atoms. The van der Waals surface area contributed by atoms with Gasteiger partial charge in [-0.3, -0.25) is 9.59 Å². The summed E-state index contributed by atoms with van der Waals surface area (Å²) in [7, 11) is 4.44. The second-order valence-electron chi connectivity index (χ2n) is 8.64. The Morgan fingerprint density at radius 1 is 1.08 bits per heavy atom. The fourth-order valence-corrected chi connectivity index (χ4v) is 4.80. The van der Waals surface area contributed by atoms with E-state index < -0.39 is 17.7 Å². The number of ketones is 1. The summed E-state index contributed by atoms with van der Waals surface area (Å²) < 4.78 is 29.6. The normalized spacial score (nSPS) is 17.7. The minimum atomic E-state index is -0.984. The smallest absolute Gasteiger partial charge is 0.295 e. The first-order valence-corrected chi connectivity index (χ1v) is 11.9. The van der Waals surface area contributed by atoms with Gasteiger partial charge in [0, 0.05) is 36.6 Å². The van der Waals surface area contributed by atoms with Crippen LogP contribution in [0.5, 0.6) is 28.7 Å². The molecule has 2 aliphatic rings. The van der Waals surface area contributed by atoms with E-state index in [0.717, 1.165) is 0 Å². The van der Waals surface area contributed by atoms with E-state index in [-0.39, 0.29) is 30.4 Å². The van der Waals surface area contributed by atoms with Crippen LogP contribution in [0.4, 0.5) is 0 Å². The molecule has 0 aliphatic carbocycles. The van der Waals surface area contributed by atoms with Crippen molar-refractivity contribution in [1.29, 1.82) is 0 Å². The number of nitrogens with zero attached hydrogens (tertiary/aromatic N) is 3. The number of imidazole rings is 1. The first kappa shape index (κ1) is 25.0. The van der Waals surface area contributed by atoms with E-state index in [1.165, 1.54) is 26.2 Å². The first-order valence-electron chi connectivity index (χ1n) is 11.9. The highest BCUT2D eigenvalue weighted by Crippen LogP contribution is 2.54. The first-order chi connectivity index (χ1) is 18.5. The molecule has 0 radical (unpaired) electrons. The summed E-state index contributed by atoms with van der Waals surface area (Å²) in [5, 5.41) is 11.4. The molecule has 3 heterocycles. The van der Waals surface area contributed by atoms with Crippen molar-refractivity contribution in [1.82, 2.24) is 14.5 Å². The molecule has 5 rings (SSSR count). The zero-order valence-electron chi connectivity index (χ0n) is 21.2. The minimum Gasteiger partial charge on any atom is -0.507 e. The number of rotatable bonds is 9. The standard InChI is InChI=1S/C27H27N3O8/c1-34-17-7-4-6-16(12-17)22(31)20-21(18-13-19(35-2)25-26(24(18)36-3)38-15-37-25)30(27(33)23(20)32)10-5-9-29-11-8-28-14-29/h4,6-8,11-14,21,31H,5,9-10,15H2,1-3H3/t21-/m0/s1. The predicted octanol–water partition coefficient (Wildman–Crippen LogP) is 3.15. The van der Waals surface area contributed by atoms with Crippen molar-refractivity contribution in [3.05, 3.63) is 65.8 Å². The number of aliphatic hydroxyl groups is 1. The van der Waals surface area contributed by atoms with Crippen molar-refractivity contribution in [2.75, 3.05) is 34.7 Å². The van der Waals surface area contributed by atoms with E-state index in [1.807, 2.05) is 10.8 Å². The second kappa shape index (κ2) is 10.4. The van der Waals surface area contributed by atoms with Gasteiger partial charge in [0.2, 0.25) is 18.3 Å². The summed E-state index contributed by atoms with van der Waals surface area (Å²) >= 11 is 0. The summed E-state index contributed by atoms with van der Waals surface area (Å²) in [6.45, 7) is 0.760. The lowest BCUT2D eigenvalue weighted by molar-refractivity contribution is -0.140. The maximum absolute atomic E-state index is 13.5. The van der Waals surface area contributed by atoms with Gasteiger partial charge in [-0.25, -0.2) is 4.98 Å². The van der Waals surface area contributed by atoms with Crippen molar-refractivity contribution >= 4 is 17.4 Å². The van der Waals surface area contributed by atoms with Gasteiger partial charge in [-0.2, -0.15) is 0 Å². The Morgan fingerprint density at radius 3 is 2.61 bits per heavy atom. The number of carbonyl (C=O) groups is 2. The van der Waals surface area contributed by atoms with E-state index in [1.54, 1.807) is 42.9 Å². The van der Waals surface area contributed by atoms with Gasteiger partial charge in [-0.1, -0.05) is 12.1 Å². The van der Waals surface area contributed by atoms with Gasteiger partial charge in [-0.05, 0) is 24.6 Å². The Morgan fingerprint density at radius 2 is 1.89 bits per heavy atom. The molecule has 2 aliphatic heterocycles. The second-order valence-corrected chi connectivity index (χ2v) is 8.64.